The molecule has 0 atom stereocenters. The lowest BCUT2D eigenvalue weighted by atomic mass is 9.83. The van der Waals surface area contributed by atoms with Crippen molar-refractivity contribution in [3.63, 3.8) is 0 Å². The largest absolute Gasteiger partial charge is 0.340 e. The zero-order valence-electron chi connectivity index (χ0n) is 17.5. The van der Waals surface area contributed by atoms with Crippen LogP contribution in [0.4, 0.5) is 0 Å². The first kappa shape index (κ1) is 20.1. The van der Waals surface area contributed by atoms with Crippen molar-refractivity contribution in [1.29, 1.82) is 0 Å². The Bertz CT molecular complexity index is 429. The third-order valence-electron chi connectivity index (χ3n) is 7.25. The number of nitrogens with zero attached hydrogens (tertiary/aromatic N) is 3. The Morgan fingerprint density at radius 2 is 1.46 bits per heavy atom. The van der Waals surface area contributed by atoms with E-state index in [2.05, 4.69) is 21.6 Å². The van der Waals surface area contributed by atoms with Crippen molar-refractivity contribution in [2.75, 3.05) is 45.8 Å². The van der Waals surface area contributed by atoms with Crippen molar-refractivity contribution in [1.82, 2.24) is 14.7 Å². The SMILES string of the molecule is CC[C@H]1CC[C@H](N2CCC(CN3CCN(C(=O)C(C)C)CC3)CC2)CC1. The van der Waals surface area contributed by atoms with Crippen molar-refractivity contribution < 1.29 is 4.79 Å². The van der Waals surface area contributed by atoms with Crippen LogP contribution in [0.2, 0.25) is 0 Å². The molecule has 0 aromatic rings. The number of amides is 1. The van der Waals surface area contributed by atoms with Crippen LogP contribution in [0.15, 0.2) is 0 Å². The van der Waals surface area contributed by atoms with Gasteiger partial charge < -0.3 is 9.80 Å². The van der Waals surface area contributed by atoms with Gasteiger partial charge in [0.1, 0.15) is 0 Å². The molecule has 0 bridgehead atoms. The van der Waals surface area contributed by atoms with E-state index in [1.807, 2.05) is 13.8 Å². The number of carbonyl (C=O) groups is 1. The average molecular weight is 364 g/mol. The highest BCUT2D eigenvalue weighted by atomic mass is 16.2. The molecular weight excluding hydrogens is 322 g/mol. The number of hydrogen-bond donors (Lipinski definition) is 0. The molecule has 0 aromatic heterocycles. The Labute approximate surface area is 161 Å². The summed E-state index contributed by atoms with van der Waals surface area (Å²) in [4.78, 5) is 19.6. The van der Waals surface area contributed by atoms with Crippen LogP contribution in [-0.2, 0) is 4.79 Å². The van der Waals surface area contributed by atoms with Crippen molar-refractivity contribution in [3.05, 3.63) is 0 Å². The van der Waals surface area contributed by atoms with E-state index in [0.717, 1.165) is 44.1 Å². The number of carbonyl (C=O) groups excluding carboxylic acids is 1. The van der Waals surface area contributed by atoms with Gasteiger partial charge in [-0.05, 0) is 63.5 Å². The van der Waals surface area contributed by atoms with Crippen LogP contribution in [0.3, 0.4) is 0 Å². The van der Waals surface area contributed by atoms with Gasteiger partial charge in [0.25, 0.3) is 0 Å². The average Bonchev–Trinajstić information content (AvgIpc) is 2.68. The minimum atomic E-state index is 0.137. The van der Waals surface area contributed by atoms with E-state index in [9.17, 15) is 4.79 Å². The number of piperazine rings is 1. The summed E-state index contributed by atoms with van der Waals surface area (Å²) in [6.45, 7) is 14.3. The second kappa shape index (κ2) is 9.54. The maximum Gasteiger partial charge on any atom is 0.225 e. The number of hydrogen-bond acceptors (Lipinski definition) is 3. The molecule has 3 fully saturated rings. The fourth-order valence-corrected chi connectivity index (χ4v) is 5.30. The molecule has 2 saturated heterocycles. The molecule has 150 valence electrons. The molecule has 0 N–H and O–H groups in total. The predicted molar refractivity (Wildman–Crippen MR) is 108 cm³/mol. The number of likely N-dealkylation sites (tertiary alicyclic amines) is 1. The zero-order valence-corrected chi connectivity index (χ0v) is 17.5. The first-order valence-corrected chi connectivity index (χ1v) is 11.3. The van der Waals surface area contributed by atoms with E-state index in [0.29, 0.717) is 5.91 Å². The van der Waals surface area contributed by atoms with E-state index in [1.54, 1.807) is 0 Å². The summed E-state index contributed by atoms with van der Waals surface area (Å²) < 4.78 is 0. The Balaban J connectivity index is 1.34. The Kier molecular flexibility index (Phi) is 7.39. The number of rotatable bonds is 5. The van der Waals surface area contributed by atoms with E-state index in [1.165, 1.54) is 64.6 Å². The van der Waals surface area contributed by atoms with Crippen LogP contribution < -0.4 is 0 Å². The van der Waals surface area contributed by atoms with Gasteiger partial charge in [0, 0.05) is 44.7 Å². The van der Waals surface area contributed by atoms with Gasteiger partial charge in [-0.1, -0.05) is 27.2 Å². The molecule has 1 aliphatic carbocycles. The molecule has 0 radical (unpaired) electrons. The van der Waals surface area contributed by atoms with Gasteiger partial charge in [-0.15, -0.1) is 0 Å². The Morgan fingerprint density at radius 1 is 0.846 bits per heavy atom. The molecule has 3 rings (SSSR count). The molecule has 4 nitrogen and oxygen atoms in total. The highest BCUT2D eigenvalue weighted by molar-refractivity contribution is 5.78. The van der Waals surface area contributed by atoms with Gasteiger partial charge in [0.2, 0.25) is 5.91 Å². The Hall–Kier alpha value is -0.610. The van der Waals surface area contributed by atoms with Crippen LogP contribution >= 0.6 is 0 Å². The van der Waals surface area contributed by atoms with Crippen LogP contribution in [-0.4, -0.2) is 72.5 Å². The molecule has 3 aliphatic rings. The van der Waals surface area contributed by atoms with Gasteiger partial charge in [-0.2, -0.15) is 0 Å². The summed E-state index contributed by atoms with van der Waals surface area (Å²) >= 11 is 0. The maximum atomic E-state index is 12.1. The Morgan fingerprint density at radius 3 is 2.00 bits per heavy atom. The lowest BCUT2D eigenvalue weighted by Gasteiger charge is -2.42. The fraction of sp³-hybridized carbons (Fsp3) is 0.955. The third kappa shape index (κ3) is 5.22. The van der Waals surface area contributed by atoms with E-state index in [4.69, 9.17) is 0 Å². The standard InChI is InChI=1S/C22H41N3O/c1-4-19-5-7-21(8-6-19)24-11-9-20(10-12-24)17-23-13-15-25(16-14-23)22(26)18(2)3/h18-21H,4-17H2,1-3H3/t19-,21-. The second-order valence-corrected chi connectivity index (χ2v) is 9.34. The smallest absolute Gasteiger partial charge is 0.225 e. The lowest BCUT2D eigenvalue weighted by Crippen LogP contribution is -2.51. The first-order valence-electron chi connectivity index (χ1n) is 11.3. The van der Waals surface area contributed by atoms with Crippen LogP contribution in [0.25, 0.3) is 0 Å². The molecule has 1 amide bonds. The zero-order chi connectivity index (χ0) is 18.5. The maximum absolute atomic E-state index is 12.1. The normalized spacial score (nSPS) is 30.1. The fourth-order valence-electron chi connectivity index (χ4n) is 5.30. The molecule has 0 spiro atoms. The molecule has 0 aromatic carbocycles. The number of piperidine rings is 1. The highest BCUT2D eigenvalue weighted by Gasteiger charge is 2.30. The summed E-state index contributed by atoms with van der Waals surface area (Å²) in [5, 5.41) is 0. The minimum Gasteiger partial charge on any atom is -0.340 e. The first-order chi connectivity index (χ1) is 12.6. The molecule has 0 unspecified atom stereocenters. The second-order valence-electron chi connectivity index (χ2n) is 9.34. The van der Waals surface area contributed by atoms with Crippen molar-refractivity contribution in [2.24, 2.45) is 17.8 Å². The molecular formula is C22H41N3O. The van der Waals surface area contributed by atoms with Crippen molar-refractivity contribution in [3.8, 4) is 0 Å². The molecule has 26 heavy (non-hydrogen) atoms. The minimum absolute atomic E-state index is 0.137. The lowest BCUT2D eigenvalue weighted by molar-refractivity contribution is -0.136. The topological polar surface area (TPSA) is 26.8 Å². The summed E-state index contributed by atoms with van der Waals surface area (Å²) in [6, 6.07) is 0.879. The molecule has 2 aliphatic heterocycles. The van der Waals surface area contributed by atoms with Gasteiger partial charge in [-0.25, -0.2) is 0 Å². The summed E-state index contributed by atoms with van der Waals surface area (Å²) in [6.07, 6.45) is 9.92. The molecule has 4 heteroatoms. The van der Waals surface area contributed by atoms with Crippen molar-refractivity contribution >= 4 is 5.91 Å². The van der Waals surface area contributed by atoms with E-state index >= 15 is 0 Å². The van der Waals surface area contributed by atoms with Crippen LogP contribution in [0.1, 0.15) is 65.7 Å². The van der Waals surface area contributed by atoms with Gasteiger partial charge >= 0.3 is 0 Å². The molecule has 1 saturated carbocycles. The highest BCUT2D eigenvalue weighted by Crippen LogP contribution is 2.31. The van der Waals surface area contributed by atoms with Gasteiger partial charge in [0.15, 0.2) is 0 Å². The van der Waals surface area contributed by atoms with Gasteiger partial charge in [0.05, 0.1) is 0 Å². The predicted octanol–water partition coefficient (Wildman–Crippen LogP) is 3.47. The quantitative estimate of drug-likeness (QED) is 0.748. The third-order valence-corrected chi connectivity index (χ3v) is 7.25. The summed E-state index contributed by atoms with van der Waals surface area (Å²) in [5.41, 5.74) is 0. The monoisotopic (exact) mass is 363 g/mol. The molecule has 2 heterocycles. The van der Waals surface area contributed by atoms with Crippen LogP contribution in [0.5, 0.6) is 0 Å². The van der Waals surface area contributed by atoms with E-state index in [-0.39, 0.29) is 5.92 Å². The van der Waals surface area contributed by atoms with E-state index < -0.39 is 0 Å². The summed E-state index contributed by atoms with van der Waals surface area (Å²) in [5.74, 6) is 2.34. The van der Waals surface area contributed by atoms with Crippen molar-refractivity contribution in [2.45, 2.75) is 71.8 Å². The summed E-state index contributed by atoms with van der Waals surface area (Å²) in [7, 11) is 0. The van der Waals surface area contributed by atoms with Gasteiger partial charge in [-0.3, -0.25) is 9.69 Å². The van der Waals surface area contributed by atoms with Crippen LogP contribution in [0, 0.1) is 17.8 Å².